The van der Waals surface area contributed by atoms with Crippen LogP contribution in [-0.4, -0.2) is 23.0 Å². The molecular formula is C20H23BrO3. The van der Waals surface area contributed by atoms with Crippen molar-refractivity contribution in [3.05, 3.63) is 54.1 Å². The number of alkyl halides is 1. The first-order valence-corrected chi connectivity index (χ1v) is 9.42. The van der Waals surface area contributed by atoms with E-state index in [0.717, 1.165) is 47.0 Å². The molecule has 0 aromatic heterocycles. The molecule has 0 bridgehead atoms. The number of hydrogen-bond donors (Lipinski definition) is 1. The molecule has 0 saturated heterocycles. The maximum absolute atomic E-state index is 10.7. The second-order valence-electron chi connectivity index (χ2n) is 5.69. The Labute approximate surface area is 151 Å². The molecule has 128 valence electrons. The van der Waals surface area contributed by atoms with Crippen molar-refractivity contribution >= 4 is 21.9 Å². The number of rotatable bonds is 10. The summed E-state index contributed by atoms with van der Waals surface area (Å²) < 4.78 is 5.98. The van der Waals surface area contributed by atoms with Crippen molar-refractivity contribution in [1.82, 2.24) is 0 Å². The number of carboxylic acids is 1. The van der Waals surface area contributed by atoms with Crippen molar-refractivity contribution in [2.75, 3.05) is 11.9 Å². The first-order valence-electron chi connectivity index (χ1n) is 8.29. The standard InChI is InChI=1S/C20H23BrO3/c21-13-4-5-14-24-19-12-11-16(7-6-10-20(22)23)15-18(19)17-8-2-1-3-9-17/h1-3,8-9,11-12,15H,4-7,10,13-14H2,(H,22,23). The van der Waals surface area contributed by atoms with Gasteiger partial charge in [-0.3, -0.25) is 4.79 Å². The molecule has 0 aliphatic rings. The van der Waals surface area contributed by atoms with Crippen molar-refractivity contribution in [2.45, 2.75) is 32.1 Å². The molecule has 0 amide bonds. The van der Waals surface area contributed by atoms with E-state index in [0.29, 0.717) is 13.0 Å². The van der Waals surface area contributed by atoms with Gasteiger partial charge in [-0.25, -0.2) is 0 Å². The van der Waals surface area contributed by atoms with E-state index >= 15 is 0 Å². The van der Waals surface area contributed by atoms with Crippen LogP contribution in [0, 0.1) is 0 Å². The number of unbranched alkanes of at least 4 members (excludes halogenated alkanes) is 1. The maximum Gasteiger partial charge on any atom is 0.303 e. The Morgan fingerprint density at radius 2 is 1.83 bits per heavy atom. The SMILES string of the molecule is O=C(O)CCCc1ccc(OCCCCBr)c(-c2ccccc2)c1. The van der Waals surface area contributed by atoms with Crippen molar-refractivity contribution < 1.29 is 14.6 Å². The largest absolute Gasteiger partial charge is 0.493 e. The summed E-state index contributed by atoms with van der Waals surface area (Å²) >= 11 is 3.43. The average molecular weight is 391 g/mol. The van der Waals surface area contributed by atoms with E-state index in [2.05, 4.69) is 34.1 Å². The minimum Gasteiger partial charge on any atom is -0.493 e. The fraction of sp³-hybridized carbons (Fsp3) is 0.350. The Hall–Kier alpha value is -1.81. The Kier molecular flexibility index (Phi) is 7.83. The number of aryl methyl sites for hydroxylation is 1. The molecule has 0 aliphatic carbocycles. The van der Waals surface area contributed by atoms with E-state index in [1.807, 2.05) is 30.3 Å². The second kappa shape index (κ2) is 10.1. The molecule has 0 heterocycles. The topological polar surface area (TPSA) is 46.5 Å². The van der Waals surface area contributed by atoms with Gasteiger partial charge >= 0.3 is 5.97 Å². The van der Waals surface area contributed by atoms with E-state index in [-0.39, 0.29) is 6.42 Å². The van der Waals surface area contributed by atoms with E-state index in [1.165, 1.54) is 0 Å². The lowest BCUT2D eigenvalue weighted by Gasteiger charge is -2.13. The number of aliphatic carboxylic acids is 1. The summed E-state index contributed by atoms with van der Waals surface area (Å²) in [6.07, 6.45) is 3.71. The van der Waals surface area contributed by atoms with Gasteiger partial charge in [0.15, 0.2) is 0 Å². The highest BCUT2D eigenvalue weighted by Crippen LogP contribution is 2.31. The average Bonchev–Trinajstić information content (AvgIpc) is 2.60. The van der Waals surface area contributed by atoms with Crippen LogP contribution in [0.25, 0.3) is 11.1 Å². The highest BCUT2D eigenvalue weighted by molar-refractivity contribution is 9.09. The van der Waals surface area contributed by atoms with E-state index < -0.39 is 5.97 Å². The lowest BCUT2D eigenvalue weighted by molar-refractivity contribution is -0.137. The van der Waals surface area contributed by atoms with Crippen LogP contribution in [0.3, 0.4) is 0 Å². The molecule has 1 N–H and O–H groups in total. The van der Waals surface area contributed by atoms with Crippen molar-refractivity contribution in [2.24, 2.45) is 0 Å². The second-order valence-corrected chi connectivity index (χ2v) is 6.48. The molecule has 3 nitrogen and oxygen atoms in total. The zero-order valence-electron chi connectivity index (χ0n) is 13.7. The summed E-state index contributed by atoms with van der Waals surface area (Å²) in [5.41, 5.74) is 3.33. The van der Waals surface area contributed by atoms with Gasteiger partial charge in [-0.15, -0.1) is 0 Å². The zero-order chi connectivity index (χ0) is 17.2. The van der Waals surface area contributed by atoms with Crippen LogP contribution in [0.2, 0.25) is 0 Å². The van der Waals surface area contributed by atoms with Crippen LogP contribution in [0.15, 0.2) is 48.5 Å². The molecule has 2 aromatic rings. The van der Waals surface area contributed by atoms with Crippen molar-refractivity contribution in [3.8, 4) is 16.9 Å². The van der Waals surface area contributed by atoms with Gasteiger partial charge in [0, 0.05) is 17.3 Å². The van der Waals surface area contributed by atoms with Gasteiger partial charge in [-0.2, -0.15) is 0 Å². The van der Waals surface area contributed by atoms with Crippen LogP contribution in [0.4, 0.5) is 0 Å². The van der Waals surface area contributed by atoms with E-state index in [4.69, 9.17) is 9.84 Å². The van der Waals surface area contributed by atoms with Gasteiger partial charge in [0.1, 0.15) is 5.75 Å². The molecule has 0 radical (unpaired) electrons. The van der Waals surface area contributed by atoms with Crippen LogP contribution in [0.5, 0.6) is 5.75 Å². The van der Waals surface area contributed by atoms with Gasteiger partial charge in [-0.05, 0) is 48.9 Å². The first kappa shape index (κ1) is 18.5. The minimum absolute atomic E-state index is 0.200. The molecule has 0 spiro atoms. The Bertz CT molecular complexity index is 641. The van der Waals surface area contributed by atoms with Crippen LogP contribution < -0.4 is 4.74 Å². The quantitative estimate of drug-likeness (QED) is 0.441. The molecule has 4 heteroatoms. The van der Waals surface area contributed by atoms with Crippen molar-refractivity contribution in [3.63, 3.8) is 0 Å². The number of carbonyl (C=O) groups is 1. The molecule has 2 rings (SSSR count). The first-order chi connectivity index (χ1) is 11.7. The maximum atomic E-state index is 10.7. The van der Waals surface area contributed by atoms with Crippen LogP contribution >= 0.6 is 15.9 Å². The van der Waals surface area contributed by atoms with Gasteiger partial charge in [0.2, 0.25) is 0 Å². The Morgan fingerprint density at radius 1 is 1.04 bits per heavy atom. The van der Waals surface area contributed by atoms with Crippen molar-refractivity contribution in [1.29, 1.82) is 0 Å². The summed E-state index contributed by atoms with van der Waals surface area (Å²) in [6, 6.07) is 16.3. The zero-order valence-corrected chi connectivity index (χ0v) is 15.3. The fourth-order valence-corrected chi connectivity index (χ4v) is 2.92. The Balaban J connectivity index is 2.15. The summed E-state index contributed by atoms with van der Waals surface area (Å²) in [6.45, 7) is 0.698. The van der Waals surface area contributed by atoms with Crippen LogP contribution in [-0.2, 0) is 11.2 Å². The summed E-state index contributed by atoms with van der Waals surface area (Å²) in [5.74, 6) is 0.141. The molecule has 0 unspecified atom stereocenters. The van der Waals surface area contributed by atoms with Gasteiger partial charge in [0.25, 0.3) is 0 Å². The van der Waals surface area contributed by atoms with Crippen LogP contribution in [0.1, 0.15) is 31.2 Å². The number of benzene rings is 2. The monoisotopic (exact) mass is 390 g/mol. The fourth-order valence-electron chi connectivity index (χ4n) is 2.52. The smallest absolute Gasteiger partial charge is 0.303 e. The lowest BCUT2D eigenvalue weighted by atomic mass is 9.99. The number of halogens is 1. The molecule has 0 fully saturated rings. The number of ether oxygens (including phenoxy) is 1. The summed E-state index contributed by atoms with van der Waals surface area (Å²) in [4.78, 5) is 10.7. The third kappa shape index (κ3) is 6.00. The normalized spacial score (nSPS) is 10.5. The summed E-state index contributed by atoms with van der Waals surface area (Å²) in [5, 5.41) is 9.78. The molecule has 24 heavy (non-hydrogen) atoms. The van der Waals surface area contributed by atoms with E-state index in [1.54, 1.807) is 0 Å². The van der Waals surface area contributed by atoms with Gasteiger partial charge < -0.3 is 9.84 Å². The third-order valence-corrected chi connectivity index (χ3v) is 4.33. The van der Waals surface area contributed by atoms with Gasteiger partial charge in [-0.1, -0.05) is 52.3 Å². The highest BCUT2D eigenvalue weighted by Gasteiger charge is 2.08. The predicted molar refractivity (Wildman–Crippen MR) is 101 cm³/mol. The molecule has 0 saturated carbocycles. The Morgan fingerprint density at radius 3 is 2.54 bits per heavy atom. The molecule has 0 atom stereocenters. The molecule has 2 aromatic carbocycles. The third-order valence-electron chi connectivity index (χ3n) is 3.77. The highest BCUT2D eigenvalue weighted by atomic mass is 79.9. The predicted octanol–water partition coefficient (Wildman–Crippen LogP) is 5.31. The number of carboxylic acid groups (broad SMARTS) is 1. The summed E-state index contributed by atoms with van der Waals surface area (Å²) in [7, 11) is 0. The number of hydrogen-bond acceptors (Lipinski definition) is 2. The molecule has 0 aliphatic heterocycles. The molecular weight excluding hydrogens is 368 g/mol. The van der Waals surface area contributed by atoms with Gasteiger partial charge in [0.05, 0.1) is 6.61 Å². The lowest BCUT2D eigenvalue weighted by Crippen LogP contribution is -2.00. The van der Waals surface area contributed by atoms with E-state index in [9.17, 15) is 4.79 Å². The minimum atomic E-state index is -0.745.